The Balaban J connectivity index is 2.31. The van der Waals surface area contributed by atoms with Gasteiger partial charge >= 0.3 is 0 Å². The SMILES string of the molecule is CCN1CCCC[C@@H]1c1cccnc1N(C)C. The lowest BCUT2D eigenvalue weighted by atomic mass is 9.95. The van der Waals surface area contributed by atoms with Crippen molar-refractivity contribution in [3.63, 3.8) is 0 Å². The fraction of sp³-hybridized carbons (Fsp3) is 0.643. The first-order valence-electron chi connectivity index (χ1n) is 6.60. The maximum Gasteiger partial charge on any atom is 0.132 e. The van der Waals surface area contributed by atoms with Gasteiger partial charge in [0.2, 0.25) is 0 Å². The van der Waals surface area contributed by atoms with E-state index in [-0.39, 0.29) is 0 Å². The van der Waals surface area contributed by atoms with Gasteiger partial charge in [-0.05, 0) is 32.0 Å². The van der Waals surface area contributed by atoms with Gasteiger partial charge in [0.15, 0.2) is 0 Å². The molecule has 0 amide bonds. The Bertz CT molecular complexity index is 362. The lowest BCUT2D eigenvalue weighted by molar-refractivity contribution is 0.157. The molecule has 0 unspecified atom stereocenters. The molecular weight excluding hydrogens is 210 g/mol. The van der Waals surface area contributed by atoms with Crippen LogP contribution >= 0.6 is 0 Å². The van der Waals surface area contributed by atoms with Crippen molar-refractivity contribution in [2.45, 2.75) is 32.2 Å². The van der Waals surface area contributed by atoms with Crippen LogP contribution in [-0.4, -0.2) is 37.1 Å². The summed E-state index contributed by atoms with van der Waals surface area (Å²) in [6.45, 7) is 4.61. The van der Waals surface area contributed by atoms with Gasteiger partial charge in [0.1, 0.15) is 5.82 Å². The molecule has 3 nitrogen and oxygen atoms in total. The van der Waals surface area contributed by atoms with Crippen LogP contribution in [0.15, 0.2) is 18.3 Å². The molecule has 1 aliphatic heterocycles. The number of hydrogen-bond acceptors (Lipinski definition) is 3. The molecule has 1 atom stereocenters. The fourth-order valence-electron chi connectivity index (χ4n) is 2.76. The lowest BCUT2D eigenvalue weighted by Gasteiger charge is -2.36. The molecule has 2 heterocycles. The van der Waals surface area contributed by atoms with E-state index < -0.39 is 0 Å². The summed E-state index contributed by atoms with van der Waals surface area (Å²) in [6, 6.07) is 4.85. The Kier molecular flexibility index (Phi) is 4.00. The minimum Gasteiger partial charge on any atom is -0.362 e. The summed E-state index contributed by atoms with van der Waals surface area (Å²) < 4.78 is 0. The molecule has 0 radical (unpaired) electrons. The summed E-state index contributed by atoms with van der Waals surface area (Å²) in [4.78, 5) is 9.22. The van der Waals surface area contributed by atoms with Crippen LogP contribution in [0.5, 0.6) is 0 Å². The van der Waals surface area contributed by atoms with Crippen molar-refractivity contribution in [2.75, 3.05) is 32.1 Å². The third-order valence-corrected chi connectivity index (χ3v) is 3.62. The number of likely N-dealkylation sites (tertiary alicyclic amines) is 1. The number of pyridine rings is 1. The Morgan fingerprint density at radius 3 is 2.94 bits per heavy atom. The number of aromatic nitrogens is 1. The van der Waals surface area contributed by atoms with Gasteiger partial charge in [0, 0.05) is 31.9 Å². The van der Waals surface area contributed by atoms with Crippen molar-refractivity contribution in [3.8, 4) is 0 Å². The third-order valence-electron chi connectivity index (χ3n) is 3.62. The van der Waals surface area contributed by atoms with Crippen molar-refractivity contribution in [2.24, 2.45) is 0 Å². The molecule has 3 heteroatoms. The molecule has 0 spiro atoms. The van der Waals surface area contributed by atoms with Crippen molar-refractivity contribution in [3.05, 3.63) is 23.9 Å². The number of piperidine rings is 1. The zero-order valence-corrected chi connectivity index (χ0v) is 11.2. The monoisotopic (exact) mass is 233 g/mol. The summed E-state index contributed by atoms with van der Waals surface area (Å²) in [5, 5.41) is 0. The Morgan fingerprint density at radius 1 is 1.41 bits per heavy atom. The maximum atomic E-state index is 4.52. The average molecular weight is 233 g/mol. The largest absolute Gasteiger partial charge is 0.362 e. The molecule has 0 saturated carbocycles. The van der Waals surface area contributed by atoms with Crippen LogP contribution in [0, 0.1) is 0 Å². The molecule has 94 valence electrons. The molecule has 0 bridgehead atoms. The molecule has 1 saturated heterocycles. The molecule has 1 fully saturated rings. The van der Waals surface area contributed by atoms with Crippen molar-refractivity contribution >= 4 is 5.82 Å². The van der Waals surface area contributed by atoms with Crippen molar-refractivity contribution < 1.29 is 0 Å². The Hall–Kier alpha value is -1.09. The standard InChI is InChI=1S/C14H23N3/c1-4-17-11-6-5-9-13(17)12-8-7-10-15-14(12)16(2)3/h7-8,10,13H,4-6,9,11H2,1-3H3/t13-/m1/s1. The van der Waals surface area contributed by atoms with Gasteiger partial charge in [-0.15, -0.1) is 0 Å². The number of rotatable bonds is 3. The minimum atomic E-state index is 0.555. The van der Waals surface area contributed by atoms with Crippen molar-refractivity contribution in [1.29, 1.82) is 0 Å². The second-order valence-corrected chi connectivity index (χ2v) is 4.95. The zero-order valence-electron chi connectivity index (χ0n) is 11.2. The highest BCUT2D eigenvalue weighted by Crippen LogP contribution is 2.34. The quantitative estimate of drug-likeness (QED) is 0.800. The smallest absolute Gasteiger partial charge is 0.132 e. The zero-order chi connectivity index (χ0) is 12.3. The highest BCUT2D eigenvalue weighted by Gasteiger charge is 2.25. The van der Waals surface area contributed by atoms with Crippen LogP contribution in [0.4, 0.5) is 5.82 Å². The second-order valence-electron chi connectivity index (χ2n) is 4.95. The molecule has 0 aromatic carbocycles. The van der Waals surface area contributed by atoms with Gasteiger partial charge in [0.25, 0.3) is 0 Å². The summed E-state index contributed by atoms with van der Waals surface area (Å²) >= 11 is 0. The van der Waals surface area contributed by atoms with Crippen LogP contribution in [0.3, 0.4) is 0 Å². The predicted molar refractivity (Wildman–Crippen MR) is 72.4 cm³/mol. The molecule has 1 aromatic rings. The average Bonchev–Trinajstić information content (AvgIpc) is 2.38. The molecule has 1 aliphatic rings. The van der Waals surface area contributed by atoms with Gasteiger partial charge in [-0.1, -0.05) is 19.4 Å². The first-order valence-corrected chi connectivity index (χ1v) is 6.60. The van der Waals surface area contributed by atoms with E-state index in [1.807, 2.05) is 6.20 Å². The molecule has 0 N–H and O–H groups in total. The van der Waals surface area contributed by atoms with E-state index >= 15 is 0 Å². The van der Waals surface area contributed by atoms with Crippen LogP contribution in [-0.2, 0) is 0 Å². The summed E-state index contributed by atoms with van der Waals surface area (Å²) in [5.41, 5.74) is 1.39. The van der Waals surface area contributed by atoms with Gasteiger partial charge in [-0.2, -0.15) is 0 Å². The van der Waals surface area contributed by atoms with Gasteiger partial charge in [-0.25, -0.2) is 4.98 Å². The molecule has 17 heavy (non-hydrogen) atoms. The normalized spacial score (nSPS) is 21.5. The van der Waals surface area contributed by atoms with E-state index in [2.05, 4.69) is 47.9 Å². The van der Waals surface area contributed by atoms with Crippen molar-refractivity contribution in [1.82, 2.24) is 9.88 Å². The lowest BCUT2D eigenvalue weighted by Crippen LogP contribution is -2.34. The van der Waals surface area contributed by atoms with E-state index in [1.165, 1.54) is 31.4 Å². The Morgan fingerprint density at radius 2 is 2.24 bits per heavy atom. The number of anilines is 1. The predicted octanol–water partition coefficient (Wildman–Crippen LogP) is 2.69. The molecular formula is C14H23N3. The van der Waals surface area contributed by atoms with Crippen LogP contribution in [0.25, 0.3) is 0 Å². The summed E-state index contributed by atoms with van der Waals surface area (Å²) in [6.07, 6.45) is 5.82. The van der Waals surface area contributed by atoms with Gasteiger partial charge in [-0.3, -0.25) is 4.90 Å². The first kappa shape index (κ1) is 12.4. The highest BCUT2D eigenvalue weighted by molar-refractivity contribution is 5.47. The second kappa shape index (κ2) is 5.50. The van der Waals surface area contributed by atoms with Gasteiger partial charge < -0.3 is 4.90 Å². The van der Waals surface area contributed by atoms with Crippen LogP contribution in [0.1, 0.15) is 37.8 Å². The third kappa shape index (κ3) is 2.60. The highest BCUT2D eigenvalue weighted by atomic mass is 15.2. The van der Waals surface area contributed by atoms with E-state index in [0.717, 1.165) is 12.4 Å². The van der Waals surface area contributed by atoms with E-state index in [9.17, 15) is 0 Å². The molecule has 0 aliphatic carbocycles. The topological polar surface area (TPSA) is 19.4 Å². The number of hydrogen-bond donors (Lipinski definition) is 0. The summed E-state index contributed by atoms with van der Waals surface area (Å²) in [5.74, 6) is 1.12. The minimum absolute atomic E-state index is 0.555. The summed E-state index contributed by atoms with van der Waals surface area (Å²) in [7, 11) is 4.15. The Labute approximate surface area is 104 Å². The van der Waals surface area contributed by atoms with Crippen LogP contribution in [0.2, 0.25) is 0 Å². The molecule has 2 rings (SSSR count). The number of nitrogens with zero attached hydrogens (tertiary/aromatic N) is 3. The molecule has 1 aromatic heterocycles. The van der Waals surface area contributed by atoms with Crippen LogP contribution < -0.4 is 4.90 Å². The van der Waals surface area contributed by atoms with E-state index in [4.69, 9.17) is 0 Å². The van der Waals surface area contributed by atoms with E-state index in [1.54, 1.807) is 0 Å². The van der Waals surface area contributed by atoms with E-state index in [0.29, 0.717) is 6.04 Å². The van der Waals surface area contributed by atoms with Gasteiger partial charge in [0.05, 0.1) is 0 Å². The fourth-order valence-corrected chi connectivity index (χ4v) is 2.76. The maximum absolute atomic E-state index is 4.52. The first-order chi connectivity index (χ1) is 8.24.